The average Bonchev–Trinajstić information content (AvgIpc) is 2.77. The van der Waals surface area contributed by atoms with E-state index in [-0.39, 0.29) is 0 Å². The summed E-state index contributed by atoms with van der Waals surface area (Å²) in [6.45, 7) is 0. The van der Waals surface area contributed by atoms with Crippen LogP contribution in [0.2, 0.25) is 0 Å². The summed E-state index contributed by atoms with van der Waals surface area (Å²) in [7, 11) is 1.62. The van der Waals surface area contributed by atoms with Crippen molar-refractivity contribution in [2.24, 2.45) is 5.73 Å². The molecule has 2 aromatic rings. The van der Waals surface area contributed by atoms with Gasteiger partial charge in [0.1, 0.15) is 11.8 Å². The van der Waals surface area contributed by atoms with Gasteiger partial charge < -0.3 is 15.5 Å². The molecule has 0 bridgehead atoms. The fourth-order valence-electron chi connectivity index (χ4n) is 1.37. The van der Waals surface area contributed by atoms with Gasteiger partial charge in [-0.05, 0) is 12.1 Å². The molecular formula is C11H12N4OS. The van der Waals surface area contributed by atoms with E-state index in [1.165, 1.54) is 11.8 Å². The third kappa shape index (κ3) is 2.70. The Morgan fingerprint density at radius 1 is 1.65 bits per heavy atom. The molecule has 0 aliphatic heterocycles. The number of nitrogens with zero attached hydrogens (tertiary/aromatic N) is 2. The second-order valence-electron chi connectivity index (χ2n) is 3.47. The molecule has 0 fully saturated rings. The van der Waals surface area contributed by atoms with E-state index in [0.29, 0.717) is 5.75 Å². The Bertz CT molecular complexity index is 560. The maximum atomic E-state index is 8.59. The minimum Gasteiger partial charge on any atom is -0.497 e. The number of hydrogen-bond donors (Lipinski definition) is 2. The Morgan fingerprint density at radius 2 is 2.47 bits per heavy atom. The summed E-state index contributed by atoms with van der Waals surface area (Å²) >= 11 is 1.44. The van der Waals surface area contributed by atoms with Gasteiger partial charge in [0.15, 0.2) is 5.16 Å². The average molecular weight is 248 g/mol. The van der Waals surface area contributed by atoms with Gasteiger partial charge >= 0.3 is 0 Å². The number of fused-ring (bicyclic) bond motifs is 1. The molecule has 17 heavy (non-hydrogen) atoms. The molecule has 1 aromatic heterocycles. The molecule has 0 aliphatic carbocycles. The standard InChI is InChI=1S/C11H12N4OS/c1-16-8-2-3-9-10(4-8)15-11(14-9)17-6-7(13)5-12/h2-4,7H,6,13H2,1H3,(H,14,15). The molecule has 0 aliphatic rings. The van der Waals surface area contributed by atoms with Gasteiger partial charge in [0, 0.05) is 11.8 Å². The number of ether oxygens (including phenoxy) is 1. The Hall–Kier alpha value is -1.71. The zero-order valence-electron chi connectivity index (χ0n) is 9.30. The molecule has 88 valence electrons. The molecule has 1 unspecified atom stereocenters. The van der Waals surface area contributed by atoms with Crippen LogP contribution in [0.5, 0.6) is 5.75 Å². The molecule has 0 saturated heterocycles. The number of imidazole rings is 1. The van der Waals surface area contributed by atoms with E-state index in [9.17, 15) is 0 Å². The van der Waals surface area contributed by atoms with Crippen LogP contribution in [0.4, 0.5) is 0 Å². The number of methoxy groups -OCH3 is 1. The maximum Gasteiger partial charge on any atom is 0.166 e. The summed E-state index contributed by atoms with van der Waals surface area (Å²) in [6.07, 6.45) is 0. The maximum absolute atomic E-state index is 8.59. The second kappa shape index (κ2) is 5.08. The molecule has 1 heterocycles. The van der Waals surface area contributed by atoms with E-state index in [1.807, 2.05) is 24.3 Å². The van der Waals surface area contributed by atoms with Crippen molar-refractivity contribution in [2.75, 3.05) is 12.9 Å². The molecule has 0 radical (unpaired) electrons. The number of H-pyrrole nitrogens is 1. The number of hydrogen-bond acceptors (Lipinski definition) is 5. The van der Waals surface area contributed by atoms with E-state index < -0.39 is 6.04 Å². The smallest absolute Gasteiger partial charge is 0.166 e. The normalized spacial score (nSPS) is 12.3. The predicted molar refractivity (Wildman–Crippen MR) is 67.0 cm³/mol. The lowest BCUT2D eigenvalue weighted by atomic mass is 10.3. The van der Waals surface area contributed by atoms with Crippen molar-refractivity contribution in [3.05, 3.63) is 18.2 Å². The number of nitriles is 1. The highest BCUT2D eigenvalue weighted by atomic mass is 32.2. The highest BCUT2D eigenvalue weighted by Gasteiger charge is 2.07. The fourth-order valence-corrected chi connectivity index (χ4v) is 2.12. The predicted octanol–water partition coefficient (Wildman–Crippen LogP) is 1.51. The van der Waals surface area contributed by atoms with Gasteiger partial charge in [0.2, 0.25) is 0 Å². The molecule has 5 nitrogen and oxygen atoms in total. The lowest BCUT2D eigenvalue weighted by Gasteiger charge is -1.98. The van der Waals surface area contributed by atoms with E-state index in [4.69, 9.17) is 15.7 Å². The highest BCUT2D eigenvalue weighted by molar-refractivity contribution is 7.99. The van der Waals surface area contributed by atoms with Crippen LogP contribution in [0.25, 0.3) is 11.0 Å². The van der Waals surface area contributed by atoms with Crippen molar-refractivity contribution in [3.63, 3.8) is 0 Å². The molecule has 3 N–H and O–H groups in total. The summed E-state index contributed by atoms with van der Waals surface area (Å²) < 4.78 is 5.13. The first-order chi connectivity index (χ1) is 8.22. The monoisotopic (exact) mass is 248 g/mol. The quantitative estimate of drug-likeness (QED) is 0.801. The summed E-state index contributed by atoms with van der Waals surface area (Å²) in [5, 5.41) is 9.35. The number of rotatable bonds is 4. The van der Waals surface area contributed by atoms with E-state index in [2.05, 4.69) is 9.97 Å². The van der Waals surface area contributed by atoms with Gasteiger partial charge in [-0.25, -0.2) is 4.98 Å². The Balaban J connectivity index is 2.17. The number of aromatic nitrogens is 2. The minimum atomic E-state index is -0.470. The zero-order valence-corrected chi connectivity index (χ0v) is 10.1. The van der Waals surface area contributed by atoms with Crippen LogP contribution in [-0.4, -0.2) is 28.9 Å². The first-order valence-corrected chi connectivity index (χ1v) is 6.03. The van der Waals surface area contributed by atoms with Crippen LogP contribution in [0.15, 0.2) is 23.4 Å². The molecule has 0 amide bonds. The van der Waals surface area contributed by atoms with Crippen molar-refractivity contribution in [3.8, 4) is 11.8 Å². The number of nitrogens with two attached hydrogens (primary N) is 1. The van der Waals surface area contributed by atoms with Gasteiger partial charge in [-0.2, -0.15) is 5.26 Å². The van der Waals surface area contributed by atoms with Crippen molar-refractivity contribution >= 4 is 22.8 Å². The van der Waals surface area contributed by atoms with Gasteiger partial charge in [-0.1, -0.05) is 11.8 Å². The summed E-state index contributed by atoms with van der Waals surface area (Å²) in [6, 6.07) is 7.15. The molecule has 6 heteroatoms. The van der Waals surface area contributed by atoms with Gasteiger partial charge in [0.25, 0.3) is 0 Å². The van der Waals surface area contributed by atoms with Crippen LogP contribution in [-0.2, 0) is 0 Å². The van der Waals surface area contributed by atoms with Crippen molar-refractivity contribution in [1.82, 2.24) is 9.97 Å². The third-order valence-electron chi connectivity index (χ3n) is 2.23. The molecule has 0 spiro atoms. The first-order valence-electron chi connectivity index (χ1n) is 5.04. The van der Waals surface area contributed by atoms with Crippen LogP contribution < -0.4 is 10.5 Å². The van der Waals surface area contributed by atoms with E-state index in [0.717, 1.165) is 21.9 Å². The lowest BCUT2D eigenvalue weighted by Crippen LogP contribution is -2.19. The topological polar surface area (TPSA) is 87.7 Å². The molecule has 2 rings (SSSR count). The van der Waals surface area contributed by atoms with Gasteiger partial charge in [0.05, 0.1) is 24.2 Å². The second-order valence-corrected chi connectivity index (χ2v) is 4.48. The third-order valence-corrected chi connectivity index (χ3v) is 3.23. The number of aromatic amines is 1. The van der Waals surface area contributed by atoms with Crippen LogP contribution in [0.1, 0.15) is 0 Å². The number of benzene rings is 1. The van der Waals surface area contributed by atoms with Crippen molar-refractivity contribution in [2.45, 2.75) is 11.2 Å². The molecule has 1 atom stereocenters. The van der Waals surface area contributed by atoms with Crippen LogP contribution >= 0.6 is 11.8 Å². The SMILES string of the molecule is COc1ccc2nc(SCC(N)C#N)[nH]c2c1. The van der Waals surface area contributed by atoms with Crippen molar-refractivity contribution in [1.29, 1.82) is 5.26 Å². The van der Waals surface area contributed by atoms with Crippen LogP contribution in [0, 0.1) is 11.3 Å². The van der Waals surface area contributed by atoms with E-state index in [1.54, 1.807) is 7.11 Å². The summed E-state index contributed by atoms with van der Waals surface area (Å²) in [5.74, 6) is 1.31. The van der Waals surface area contributed by atoms with Crippen LogP contribution in [0.3, 0.4) is 0 Å². The van der Waals surface area contributed by atoms with Gasteiger partial charge in [-0.15, -0.1) is 0 Å². The van der Waals surface area contributed by atoms with Gasteiger partial charge in [-0.3, -0.25) is 0 Å². The van der Waals surface area contributed by atoms with E-state index >= 15 is 0 Å². The Morgan fingerprint density at radius 3 is 3.18 bits per heavy atom. The summed E-state index contributed by atoms with van der Waals surface area (Å²) in [4.78, 5) is 7.54. The number of thioether (sulfide) groups is 1. The lowest BCUT2D eigenvalue weighted by molar-refractivity contribution is 0.415. The summed E-state index contributed by atoms with van der Waals surface area (Å²) in [5.41, 5.74) is 7.31. The van der Waals surface area contributed by atoms with Crippen molar-refractivity contribution < 1.29 is 4.74 Å². The largest absolute Gasteiger partial charge is 0.497 e. The molecular weight excluding hydrogens is 236 g/mol. The zero-order chi connectivity index (χ0) is 12.3. The molecule has 1 aromatic carbocycles. The Kier molecular flexibility index (Phi) is 3.52. The Labute approximate surface area is 103 Å². The molecule has 0 saturated carbocycles. The fraction of sp³-hybridized carbons (Fsp3) is 0.273. The highest BCUT2D eigenvalue weighted by Crippen LogP contribution is 2.23. The minimum absolute atomic E-state index is 0.470. The number of nitrogens with one attached hydrogen (secondary N) is 1. The first kappa shape index (κ1) is 11.8.